The van der Waals surface area contributed by atoms with Crippen LogP contribution in [0.4, 0.5) is 0 Å². The summed E-state index contributed by atoms with van der Waals surface area (Å²) < 4.78 is 4.72. The lowest BCUT2D eigenvalue weighted by Gasteiger charge is -2.19. The van der Waals surface area contributed by atoms with E-state index in [1.165, 1.54) is 7.11 Å². The molecule has 2 atom stereocenters. The Balaban J connectivity index is 2.60. The van der Waals surface area contributed by atoms with Crippen molar-refractivity contribution in [1.29, 1.82) is 5.41 Å². The second-order valence-electron chi connectivity index (χ2n) is 5.77. The third kappa shape index (κ3) is 7.28. The Bertz CT molecular complexity index is 655. The molecular weight excluding hydrogens is 356 g/mol. The fourth-order valence-corrected chi connectivity index (χ4v) is 2.35. The van der Waals surface area contributed by atoms with Crippen LogP contribution in [0.3, 0.4) is 0 Å². The number of nitrogens with zero attached hydrogens (tertiary/aromatic N) is 2. The summed E-state index contributed by atoms with van der Waals surface area (Å²) in [5.74, 6) is -1.88. The van der Waals surface area contributed by atoms with Gasteiger partial charge in [0.2, 0.25) is 5.91 Å². The van der Waals surface area contributed by atoms with Gasteiger partial charge >= 0.3 is 5.97 Å². The van der Waals surface area contributed by atoms with E-state index < -0.39 is 35.0 Å². The summed E-state index contributed by atoms with van der Waals surface area (Å²) in [5.41, 5.74) is 11.7. The molecule has 0 aliphatic heterocycles. The molecule has 0 saturated heterocycles. The van der Waals surface area contributed by atoms with Crippen LogP contribution in [0.5, 0.6) is 0 Å². The number of carbonyl (C=O) groups is 2. The predicted octanol–water partition coefficient (Wildman–Crippen LogP) is -0.618. The van der Waals surface area contributed by atoms with Gasteiger partial charge in [0.25, 0.3) is 5.96 Å². The molecule has 0 unspecified atom stereocenters. The van der Waals surface area contributed by atoms with E-state index in [2.05, 4.69) is 5.32 Å². The van der Waals surface area contributed by atoms with Gasteiger partial charge in [-0.25, -0.2) is 14.9 Å². The Hall–Kier alpha value is -3.21. The quantitative estimate of drug-likeness (QED) is 0.136. The minimum Gasteiger partial charge on any atom is -0.467 e. The van der Waals surface area contributed by atoms with Crippen LogP contribution in [-0.2, 0) is 20.7 Å². The van der Waals surface area contributed by atoms with Gasteiger partial charge in [0.05, 0.1) is 19.7 Å². The van der Waals surface area contributed by atoms with E-state index in [1.54, 1.807) is 0 Å². The standard InChI is InChI=1S/C16H24N6O5/c1-27-15(24)13(10-11-6-3-2-4-7-11)20-14(23)12(17)8-5-9-21(16(18)19)22(25)26/h2-4,6-7,12-13H,5,8-10,17H2,1H3,(H3,18,19)(H,20,23)/t12-,13-/m0/s1. The molecule has 0 aromatic heterocycles. The van der Waals surface area contributed by atoms with E-state index in [9.17, 15) is 19.7 Å². The molecule has 6 N–H and O–H groups in total. The molecule has 0 aliphatic rings. The van der Waals surface area contributed by atoms with Crippen molar-refractivity contribution in [3.05, 3.63) is 46.0 Å². The SMILES string of the molecule is COC(=O)[C@H](Cc1ccccc1)NC(=O)[C@@H](N)CCCN(C(=N)N)[N+](=O)[O-]. The van der Waals surface area contributed by atoms with Gasteiger partial charge < -0.3 is 21.5 Å². The van der Waals surface area contributed by atoms with E-state index in [0.29, 0.717) is 5.01 Å². The lowest BCUT2D eigenvalue weighted by Crippen LogP contribution is -2.50. The molecule has 0 spiro atoms. The molecule has 1 rings (SSSR count). The molecule has 0 bridgehead atoms. The van der Waals surface area contributed by atoms with Crippen molar-refractivity contribution in [2.45, 2.75) is 31.3 Å². The first kappa shape index (κ1) is 21.8. The number of hydrogen-bond acceptors (Lipinski definition) is 7. The van der Waals surface area contributed by atoms with E-state index >= 15 is 0 Å². The van der Waals surface area contributed by atoms with Crippen LogP contribution >= 0.6 is 0 Å². The summed E-state index contributed by atoms with van der Waals surface area (Å²) in [4.78, 5) is 34.9. The van der Waals surface area contributed by atoms with Crippen LogP contribution in [0.25, 0.3) is 0 Å². The minimum atomic E-state index is -0.978. The van der Waals surface area contributed by atoms with Gasteiger partial charge in [-0.05, 0) is 18.4 Å². The van der Waals surface area contributed by atoms with Gasteiger partial charge in [0.15, 0.2) is 5.03 Å². The largest absolute Gasteiger partial charge is 0.467 e. The summed E-state index contributed by atoms with van der Waals surface area (Å²) in [7, 11) is 1.22. The highest BCUT2D eigenvalue weighted by Gasteiger charge is 2.25. The highest BCUT2D eigenvalue weighted by molar-refractivity contribution is 5.87. The molecule has 148 valence electrons. The number of nitrogens with two attached hydrogens (primary N) is 2. The van der Waals surface area contributed by atoms with E-state index in [4.69, 9.17) is 21.6 Å². The highest BCUT2D eigenvalue weighted by Crippen LogP contribution is 2.06. The lowest BCUT2D eigenvalue weighted by atomic mass is 10.0. The first-order chi connectivity index (χ1) is 12.8. The number of nitrogens with one attached hydrogen (secondary N) is 2. The topological polar surface area (TPSA) is 178 Å². The van der Waals surface area contributed by atoms with Crippen LogP contribution in [0.1, 0.15) is 18.4 Å². The van der Waals surface area contributed by atoms with Crippen molar-refractivity contribution in [3.63, 3.8) is 0 Å². The molecular formula is C16H24N6O5. The summed E-state index contributed by atoms with van der Waals surface area (Å²) in [6, 6.07) is 7.21. The molecule has 1 aromatic carbocycles. The normalized spacial score (nSPS) is 12.5. The van der Waals surface area contributed by atoms with Gasteiger partial charge in [-0.15, -0.1) is 0 Å². The number of carbonyl (C=O) groups excluding carboxylic acids is 2. The van der Waals surface area contributed by atoms with Crippen molar-refractivity contribution in [2.75, 3.05) is 13.7 Å². The maximum absolute atomic E-state index is 12.2. The molecule has 0 saturated carbocycles. The summed E-state index contributed by atoms with van der Waals surface area (Å²) in [6.45, 7) is -0.159. The zero-order chi connectivity index (χ0) is 20.4. The van der Waals surface area contributed by atoms with Crippen LogP contribution in [0, 0.1) is 15.5 Å². The molecule has 1 aromatic rings. The van der Waals surface area contributed by atoms with Gasteiger partial charge in [-0.2, -0.15) is 0 Å². The molecule has 11 heteroatoms. The van der Waals surface area contributed by atoms with Crippen LogP contribution < -0.4 is 16.8 Å². The molecule has 11 nitrogen and oxygen atoms in total. The van der Waals surface area contributed by atoms with Crippen LogP contribution in [0.2, 0.25) is 0 Å². The third-order valence-corrected chi connectivity index (χ3v) is 3.78. The number of hydrogen-bond donors (Lipinski definition) is 4. The zero-order valence-electron chi connectivity index (χ0n) is 15.0. The van der Waals surface area contributed by atoms with Gasteiger partial charge in [-0.3, -0.25) is 10.2 Å². The highest BCUT2D eigenvalue weighted by atomic mass is 16.7. The van der Waals surface area contributed by atoms with Gasteiger partial charge in [0.1, 0.15) is 6.04 Å². The van der Waals surface area contributed by atoms with Crippen LogP contribution in [-0.4, -0.2) is 53.6 Å². The van der Waals surface area contributed by atoms with Crippen molar-refractivity contribution in [1.82, 2.24) is 10.3 Å². The lowest BCUT2D eigenvalue weighted by molar-refractivity contribution is -0.629. The first-order valence-electron chi connectivity index (χ1n) is 8.19. The molecule has 1 amide bonds. The first-order valence-corrected chi connectivity index (χ1v) is 8.19. The van der Waals surface area contributed by atoms with E-state index in [1.807, 2.05) is 30.3 Å². The fraction of sp³-hybridized carbons (Fsp3) is 0.438. The Morgan fingerprint density at radius 1 is 1.37 bits per heavy atom. The summed E-state index contributed by atoms with van der Waals surface area (Å²) >= 11 is 0. The zero-order valence-corrected chi connectivity index (χ0v) is 15.0. The van der Waals surface area contributed by atoms with Crippen molar-refractivity contribution in [3.8, 4) is 0 Å². The Morgan fingerprint density at radius 2 is 2.00 bits per heavy atom. The second kappa shape index (κ2) is 10.7. The number of ether oxygens (including phenoxy) is 1. The molecule has 0 aliphatic carbocycles. The van der Waals surface area contributed by atoms with Crippen molar-refractivity contribution in [2.24, 2.45) is 11.5 Å². The smallest absolute Gasteiger partial charge is 0.328 e. The summed E-state index contributed by atoms with van der Waals surface area (Å²) in [5, 5.41) is 20.0. The average molecular weight is 380 g/mol. The molecule has 0 radical (unpaired) electrons. The van der Waals surface area contributed by atoms with Crippen molar-refractivity contribution < 1.29 is 19.4 Å². The number of rotatable bonds is 10. The number of benzene rings is 1. The molecule has 0 heterocycles. The van der Waals surface area contributed by atoms with E-state index in [0.717, 1.165) is 5.56 Å². The van der Waals surface area contributed by atoms with Crippen molar-refractivity contribution >= 4 is 17.8 Å². The number of nitro groups is 1. The Labute approximate surface area is 156 Å². The second-order valence-corrected chi connectivity index (χ2v) is 5.77. The molecule has 0 fully saturated rings. The summed E-state index contributed by atoms with van der Waals surface area (Å²) in [6.07, 6.45) is 0.519. The number of esters is 1. The third-order valence-electron chi connectivity index (χ3n) is 3.78. The monoisotopic (exact) mass is 380 g/mol. The number of amides is 1. The fourth-order valence-electron chi connectivity index (χ4n) is 2.35. The maximum Gasteiger partial charge on any atom is 0.328 e. The Kier molecular flexibility index (Phi) is 8.66. The Morgan fingerprint density at radius 3 is 2.52 bits per heavy atom. The molecule has 27 heavy (non-hydrogen) atoms. The average Bonchev–Trinajstić information content (AvgIpc) is 2.63. The minimum absolute atomic E-state index is 0.114. The number of methoxy groups -OCH3 is 1. The van der Waals surface area contributed by atoms with Gasteiger partial charge in [-0.1, -0.05) is 35.3 Å². The number of hydrazine groups is 1. The van der Waals surface area contributed by atoms with Gasteiger partial charge in [0, 0.05) is 6.42 Å². The van der Waals surface area contributed by atoms with E-state index in [-0.39, 0.29) is 25.8 Å². The maximum atomic E-state index is 12.2. The predicted molar refractivity (Wildman–Crippen MR) is 96.9 cm³/mol. The number of guanidine groups is 1. The van der Waals surface area contributed by atoms with Crippen LogP contribution in [0.15, 0.2) is 30.3 Å².